The Morgan fingerprint density at radius 3 is 3.26 bits per heavy atom. The molecule has 6 nitrogen and oxygen atoms in total. The molecule has 0 aromatic carbocycles. The van der Waals surface area contributed by atoms with E-state index in [1.165, 1.54) is 0 Å². The molecule has 6 heteroatoms. The Kier molecular flexibility index (Phi) is 3.79. The maximum absolute atomic E-state index is 12.0. The molecule has 19 heavy (non-hydrogen) atoms. The Bertz CT molecular complexity index is 434. The molecule has 3 heterocycles. The molecule has 104 valence electrons. The van der Waals surface area contributed by atoms with Gasteiger partial charge in [0.2, 0.25) is 0 Å². The number of amides is 1. The number of imidazole rings is 1. The molecule has 0 radical (unpaired) electrons. The fourth-order valence-corrected chi connectivity index (χ4v) is 2.65. The van der Waals surface area contributed by atoms with E-state index in [0.717, 1.165) is 39.0 Å². The van der Waals surface area contributed by atoms with Crippen molar-refractivity contribution in [3.63, 3.8) is 0 Å². The summed E-state index contributed by atoms with van der Waals surface area (Å²) < 4.78 is 7.51. The molecule has 0 bridgehead atoms. The highest BCUT2D eigenvalue weighted by molar-refractivity contribution is 5.92. The molecule has 1 amide bonds. The number of carbonyl (C=O) groups excluding carboxylic acids is 1. The van der Waals surface area contributed by atoms with Gasteiger partial charge in [-0.05, 0) is 25.8 Å². The van der Waals surface area contributed by atoms with Crippen molar-refractivity contribution in [1.29, 1.82) is 0 Å². The zero-order valence-electron chi connectivity index (χ0n) is 11.0. The summed E-state index contributed by atoms with van der Waals surface area (Å²) in [6.07, 6.45) is 6.96. The first-order chi connectivity index (χ1) is 9.33. The largest absolute Gasteiger partial charge is 0.376 e. The molecule has 2 fully saturated rings. The molecule has 2 N–H and O–H groups in total. The van der Waals surface area contributed by atoms with Crippen LogP contribution < -0.4 is 10.6 Å². The Morgan fingerprint density at radius 2 is 2.53 bits per heavy atom. The number of carbonyl (C=O) groups is 1. The lowest BCUT2D eigenvalue weighted by molar-refractivity contribution is 0.0854. The normalized spacial score (nSPS) is 26.7. The Labute approximate surface area is 112 Å². The lowest BCUT2D eigenvalue weighted by Gasteiger charge is -2.10. The van der Waals surface area contributed by atoms with Gasteiger partial charge in [-0.25, -0.2) is 4.98 Å². The predicted molar refractivity (Wildman–Crippen MR) is 70.1 cm³/mol. The first kappa shape index (κ1) is 12.6. The smallest absolute Gasteiger partial charge is 0.271 e. The number of ether oxygens (including phenoxy) is 1. The highest BCUT2D eigenvalue weighted by Gasteiger charge is 2.20. The van der Waals surface area contributed by atoms with E-state index in [1.54, 1.807) is 6.33 Å². The fourth-order valence-electron chi connectivity index (χ4n) is 2.65. The first-order valence-corrected chi connectivity index (χ1v) is 6.97. The summed E-state index contributed by atoms with van der Waals surface area (Å²) in [6.45, 7) is 3.37. The van der Waals surface area contributed by atoms with Crippen molar-refractivity contribution in [3.8, 4) is 0 Å². The van der Waals surface area contributed by atoms with Crippen molar-refractivity contribution in [2.45, 2.75) is 31.4 Å². The quantitative estimate of drug-likeness (QED) is 0.822. The van der Waals surface area contributed by atoms with Gasteiger partial charge in [0, 0.05) is 31.9 Å². The molecule has 0 spiro atoms. The van der Waals surface area contributed by atoms with Crippen LogP contribution in [-0.4, -0.2) is 47.8 Å². The van der Waals surface area contributed by atoms with Crippen LogP contribution in [-0.2, 0) is 4.74 Å². The van der Waals surface area contributed by atoms with E-state index >= 15 is 0 Å². The monoisotopic (exact) mass is 264 g/mol. The van der Waals surface area contributed by atoms with Gasteiger partial charge in [-0.2, -0.15) is 0 Å². The van der Waals surface area contributed by atoms with Gasteiger partial charge in [-0.1, -0.05) is 0 Å². The van der Waals surface area contributed by atoms with Crippen molar-refractivity contribution in [1.82, 2.24) is 20.2 Å². The van der Waals surface area contributed by atoms with Crippen molar-refractivity contribution in [2.24, 2.45) is 0 Å². The third-order valence-electron chi connectivity index (χ3n) is 3.80. The van der Waals surface area contributed by atoms with Crippen LogP contribution in [0.3, 0.4) is 0 Å². The van der Waals surface area contributed by atoms with E-state index in [2.05, 4.69) is 15.6 Å². The molecule has 1 aromatic rings. The van der Waals surface area contributed by atoms with Crippen molar-refractivity contribution >= 4 is 5.91 Å². The minimum Gasteiger partial charge on any atom is -0.376 e. The summed E-state index contributed by atoms with van der Waals surface area (Å²) in [6, 6.07) is 0.423. The maximum atomic E-state index is 12.0. The van der Waals surface area contributed by atoms with Crippen molar-refractivity contribution in [2.75, 3.05) is 26.2 Å². The molecule has 0 aliphatic carbocycles. The van der Waals surface area contributed by atoms with Crippen LogP contribution in [0.15, 0.2) is 12.5 Å². The molecule has 2 aliphatic heterocycles. The number of hydrogen-bond donors (Lipinski definition) is 2. The molecular weight excluding hydrogens is 244 g/mol. The Morgan fingerprint density at radius 1 is 1.58 bits per heavy atom. The minimum absolute atomic E-state index is 0.111. The number of hydrogen-bond acceptors (Lipinski definition) is 4. The van der Waals surface area contributed by atoms with Crippen LogP contribution in [0, 0.1) is 0 Å². The van der Waals surface area contributed by atoms with Crippen molar-refractivity contribution in [3.05, 3.63) is 18.2 Å². The SMILES string of the molecule is O=C(NCC1CCCO1)c1cn(C2CCNC2)cn1. The molecule has 2 unspecified atom stereocenters. The van der Waals surface area contributed by atoms with E-state index in [1.807, 2.05) is 10.8 Å². The van der Waals surface area contributed by atoms with Crippen LogP contribution in [0.4, 0.5) is 0 Å². The van der Waals surface area contributed by atoms with Gasteiger partial charge >= 0.3 is 0 Å². The minimum atomic E-state index is -0.111. The second-order valence-electron chi connectivity index (χ2n) is 5.20. The standard InChI is InChI=1S/C13H20N4O2/c18-13(15-7-11-2-1-5-19-11)12-8-17(9-16-12)10-3-4-14-6-10/h8-11,14H,1-7H2,(H,15,18). The highest BCUT2D eigenvalue weighted by Crippen LogP contribution is 2.15. The van der Waals surface area contributed by atoms with Gasteiger partial charge in [0.25, 0.3) is 5.91 Å². The number of nitrogens with zero attached hydrogens (tertiary/aromatic N) is 2. The van der Waals surface area contributed by atoms with Crippen LogP contribution >= 0.6 is 0 Å². The number of rotatable bonds is 4. The summed E-state index contributed by atoms with van der Waals surface area (Å²) in [4.78, 5) is 16.2. The zero-order valence-corrected chi connectivity index (χ0v) is 11.0. The zero-order chi connectivity index (χ0) is 13.1. The number of nitrogens with one attached hydrogen (secondary N) is 2. The van der Waals surface area contributed by atoms with Gasteiger partial charge in [0.05, 0.1) is 12.4 Å². The molecule has 3 rings (SSSR count). The predicted octanol–water partition coefficient (Wildman–Crippen LogP) is 0.326. The maximum Gasteiger partial charge on any atom is 0.271 e. The summed E-state index contributed by atoms with van der Waals surface area (Å²) in [5, 5.41) is 6.20. The summed E-state index contributed by atoms with van der Waals surface area (Å²) >= 11 is 0. The van der Waals surface area contributed by atoms with Crippen molar-refractivity contribution < 1.29 is 9.53 Å². The second-order valence-corrected chi connectivity index (χ2v) is 5.20. The lowest BCUT2D eigenvalue weighted by Crippen LogP contribution is -2.31. The van der Waals surface area contributed by atoms with E-state index in [-0.39, 0.29) is 12.0 Å². The van der Waals surface area contributed by atoms with E-state index in [0.29, 0.717) is 18.3 Å². The molecule has 0 saturated carbocycles. The molecular formula is C13H20N4O2. The Hall–Kier alpha value is -1.40. The van der Waals surface area contributed by atoms with Gasteiger partial charge in [-0.15, -0.1) is 0 Å². The fraction of sp³-hybridized carbons (Fsp3) is 0.692. The average Bonchev–Trinajstić information content (AvgIpc) is 3.14. The molecule has 2 saturated heterocycles. The van der Waals surface area contributed by atoms with Gasteiger partial charge in [0.15, 0.2) is 0 Å². The topological polar surface area (TPSA) is 68.2 Å². The van der Waals surface area contributed by atoms with Gasteiger partial charge < -0.3 is 19.9 Å². The summed E-state index contributed by atoms with van der Waals surface area (Å²) in [5.41, 5.74) is 0.491. The van der Waals surface area contributed by atoms with E-state index < -0.39 is 0 Å². The summed E-state index contributed by atoms with van der Waals surface area (Å²) in [7, 11) is 0. The first-order valence-electron chi connectivity index (χ1n) is 6.97. The second kappa shape index (κ2) is 5.71. The third kappa shape index (κ3) is 2.96. The molecule has 2 aliphatic rings. The number of aromatic nitrogens is 2. The molecule has 1 aromatic heterocycles. The Balaban J connectivity index is 1.54. The highest BCUT2D eigenvalue weighted by atomic mass is 16.5. The average molecular weight is 264 g/mol. The molecule has 2 atom stereocenters. The van der Waals surface area contributed by atoms with E-state index in [4.69, 9.17) is 4.74 Å². The van der Waals surface area contributed by atoms with Crippen LogP contribution in [0.1, 0.15) is 35.8 Å². The van der Waals surface area contributed by atoms with Gasteiger partial charge in [-0.3, -0.25) is 4.79 Å². The third-order valence-corrected chi connectivity index (χ3v) is 3.80. The van der Waals surface area contributed by atoms with Gasteiger partial charge in [0.1, 0.15) is 5.69 Å². The van der Waals surface area contributed by atoms with Crippen LogP contribution in [0.25, 0.3) is 0 Å². The van der Waals surface area contributed by atoms with Crippen LogP contribution in [0.5, 0.6) is 0 Å². The van der Waals surface area contributed by atoms with Crippen LogP contribution in [0.2, 0.25) is 0 Å². The lowest BCUT2D eigenvalue weighted by atomic mass is 10.2. The van der Waals surface area contributed by atoms with E-state index in [9.17, 15) is 4.79 Å². The summed E-state index contributed by atoms with van der Waals surface area (Å²) in [5.74, 6) is -0.111.